The number of morpholine rings is 1. The first-order chi connectivity index (χ1) is 15.2. The Hall–Kier alpha value is -2.17. The standard InChI is InChI=1S/C24H33N5O2.HI/c1-3-26-24(27-16-19-7-6-10-20(15-19)23(30)25-2)28-17-21-8-4-5-9-22(21)18-29-11-13-31-14-12-29;/h4-10,15H,3,11-14,16-18H2,1-2H3,(H,25,30)(H2,26,27,28);1H. The molecule has 1 heterocycles. The number of rotatable bonds is 8. The molecule has 0 saturated carbocycles. The monoisotopic (exact) mass is 551 g/mol. The SMILES string of the molecule is CCNC(=NCc1cccc(C(=O)NC)c1)NCc1ccccc1CN1CCOCC1.I. The number of guanidine groups is 1. The predicted octanol–water partition coefficient (Wildman–Crippen LogP) is 2.75. The Labute approximate surface area is 208 Å². The van der Waals surface area contributed by atoms with E-state index in [1.54, 1.807) is 13.1 Å². The lowest BCUT2D eigenvalue weighted by molar-refractivity contribution is 0.0341. The first-order valence-electron chi connectivity index (χ1n) is 10.9. The molecule has 0 spiro atoms. The quantitative estimate of drug-likeness (QED) is 0.267. The van der Waals surface area contributed by atoms with Gasteiger partial charge in [-0.1, -0.05) is 36.4 Å². The number of halogens is 1. The van der Waals surface area contributed by atoms with Crippen LogP contribution in [0, 0.1) is 0 Å². The lowest BCUT2D eigenvalue weighted by Gasteiger charge is -2.27. The molecule has 174 valence electrons. The second-order valence-corrected chi connectivity index (χ2v) is 7.49. The van der Waals surface area contributed by atoms with Crippen LogP contribution in [0.1, 0.15) is 34.0 Å². The molecule has 1 fully saturated rings. The van der Waals surface area contributed by atoms with Gasteiger partial charge in [0, 0.05) is 45.3 Å². The van der Waals surface area contributed by atoms with Crippen LogP contribution in [0.5, 0.6) is 0 Å². The second-order valence-electron chi connectivity index (χ2n) is 7.49. The lowest BCUT2D eigenvalue weighted by Crippen LogP contribution is -2.38. The summed E-state index contributed by atoms with van der Waals surface area (Å²) in [6.07, 6.45) is 0. The second kappa shape index (κ2) is 14.1. The highest BCUT2D eigenvalue weighted by Gasteiger charge is 2.13. The van der Waals surface area contributed by atoms with Gasteiger partial charge in [0.1, 0.15) is 0 Å². The predicted molar refractivity (Wildman–Crippen MR) is 139 cm³/mol. The molecule has 8 heteroatoms. The van der Waals surface area contributed by atoms with Crippen molar-refractivity contribution in [2.75, 3.05) is 39.9 Å². The van der Waals surface area contributed by atoms with E-state index >= 15 is 0 Å². The average Bonchev–Trinajstić information content (AvgIpc) is 2.82. The van der Waals surface area contributed by atoms with Crippen LogP contribution in [0.15, 0.2) is 53.5 Å². The van der Waals surface area contributed by atoms with E-state index in [4.69, 9.17) is 9.73 Å². The van der Waals surface area contributed by atoms with Crippen LogP contribution in [0.25, 0.3) is 0 Å². The van der Waals surface area contributed by atoms with Crippen molar-refractivity contribution >= 4 is 35.8 Å². The van der Waals surface area contributed by atoms with E-state index in [-0.39, 0.29) is 29.9 Å². The van der Waals surface area contributed by atoms with Gasteiger partial charge in [-0.05, 0) is 35.7 Å². The van der Waals surface area contributed by atoms with Crippen LogP contribution < -0.4 is 16.0 Å². The van der Waals surface area contributed by atoms with Crippen LogP contribution in [-0.2, 0) is 24.4 Å². The Morgan fingerprint density at radius 2 is 1.81 bits per heavy atom. The van der Waals surface area contributed by atoms with Crippen molar-refractivity contribution in [3.05, 3.63) is 70.8 Å². The number of hydrogen-bond acceptors (Lipinski definition) is 4. The molecule has 1 amide bonds. The van der Waals surface area contributed by atoms with Gasteiger partial charge in [-0.25, -0.2) is 4.99 Å². The third-order valence-corrected chi connectivity index (χ3v) is 5.24. The zero-order valence-electron chi connectivity index (χ0n) is 18.9. The fourth-order valence-electron chi connectivity index (χ4n) is 3.53. The van der Waals surface area contributed by atoms with E-state index in [0.717, 1.165) is 50.9 Å². The summed E-state index contributed by atoms with van der Waals surface area (Å²) in [5.74, 6) is 0.668. The summed E-state index contributed by atoms with van der Waals surface area (Å²) in [4.78, 5) is 19.0. The van der Waals surface area contributed by atoms with Crippen LogP contribution >= 0.6 is 24.0 Å². The van der Waals surface area contributed by atoms with Crippen molar-refractivity contribution in [1.29, 1.82) is 0 Å². The van der Waals surface area contributed by atoms with Crippen molar-refractivity contribution < 1.29 is 9.53 Å². The Morgan fingerprint density at radius 3 is 2.53 bits per heavy atom. The van der Waals surface area contributed by atoms with E-state index in [1.807, 2.05) is 18.2 Å². The molecule has 0 aromatic heterocycles. The molecule has 3 N–H and O–H groups in total. The highest BCUT2D eigenvalue weighted by molar-refractivity contribution is 14.0. The molecule has 0 radical (unpaired) electrons. The zero-order chi connectivity index (χ0) is 21.9. The third kappa shape index (κ3) is 8.07. The number of carbonyl (C=O) groups excluding carboxylic acids is 1. The molecule has 2 aromatic rings. The Kier molecular flexibility index (Phi) is 11.5. The number of benzene rings is 2. The summed E-state index contributed by atoms with van der Waals surface area (Å²) in [6.45, 7) is 8.51. The van der Waals surface area contributed by atoms with Crippen molar-refractivity contribution in [3.63, 3.8) is 0 Å². The molecular formula is C24H34IN5O2. The zero-order valence-corrected chi connectivity index (χ0v) is 21.2. The molecular weight excluding hydrogens is 517 g/mol. The van der Waals surface area contributed by atoms with Crippen molar-refractivity contribution in [2.45, 2.75) is 26.6 Å². The van der Waals surface area contributed by atoms with Gasteiger partial charge in [0.15, 0.2) is 5.96 Å². The van der Waals surface area contributed by atoms with Gasteiger partial charge in [0.2, 0.25) is 0 Å². The van der Waals surface area contributed by atoms with Gasteiger partial charge in [-0.15, -0.1) is 24.0 Å². The molecule has 0 bridgehead atoms. The summed E-state index contributed by atoms with van der Waals surface area (Å²) in [6, 6.07) is 16.1. The topological polar surface area (TPSA) is 78.0 Å². The summed E-state index contributed by atoms with van der Waals surface area (Å²) >= 11 is 0. The first-order valence-corrected chi connectivity index (χ1v) is 10.9. The maximum Gasteiger partial charge on any atom is 0.251 e. The highest BCUT2D eigenvalue weighted by atomic mass is 127. The molecule has 2 aromatic carbocycles. The molecule has 1 aliphatic rings. The Bertz CT molecular complexity index is 884. The molecule has 7 nitrogen and oxygen atoms in total. The minimum Gasteiger partial charge on any atom is -0.379 e. The normalized spacial score (nSPS) is 14.4. The maximum atomic E-state index is 11.9. The van der Waals surface area contributed by atoms with Gasteiger partial charge in [0.05, 0.1) is 19.8 Å². The number of amides is 1. The number of nitrogens with zero attached hydrogens (tertiary/aromatic N) is 2. The van der Waals surface area contributed by atoms with Gasteiger partial charge in [-0.2, -0.15) is 0 Å². The molecule has 0 atom stereocenters. The van der Waals surface area contributed by atoms with Crippen LogP contribution in [0.2, 0.25) is 0 Å². The van der Waals surface area contributed by atoms with Crippen molar-refractivity contribution in [3.8, 4) is 0 Å². The van der Waals surface area contributed by atoms with E-state index in [1.165, 1.54) is 11.1 Å². The summed E-state index contributed by atoms with van der Waals surface area (Å²) in [7, 11) is 1.64. The fraction of sp³-hybridized carbons (Fsp3) is 0.417. The van der Waals surface area contributed by atoms with Crippen LogP contribution in [-0.4, -0.2) is 56.7 Å². The van der Waals surface area contributed by atoms with Gasteiger partial charge in [0.25, 0.3) is 5.91 Å². The van der Waals surface area contributed by atoms with E-state index in [9.17, 15) is 4.79 Å². The third-order valence-electron chi connectivity index (χ3n) is 5.24. The van der Waals surface area contributed by atoms with Gasteiger partial charge in [-0.3, -0.25) is 9.69 Å². The van der Waals surface area contributed by atoms with E-state index in [0.29, 0.717) is 18.7 Å². The maximum absolute atomic E-state index is 11.9. The number of hydrogen-bond donors (Lipinski definition) is 3. The minimum atomic E-state index is -0.0901. The Morgan fingerprint density at radius 1 is 1.06 bits per heavy atom. The van der Waals surface area contributed by atoms with E-state index < -0.39 is 0 Å². The molecule has 3 rings (SSSR count). The van der Waals surface area contributed by atoms with Crippen LogP contribution in [0.3, 0.4) is 0 Å². The van der Waals surface area contributed by atoms with E-state index in [2.05, 4.69) is 52.0 Å². The fourth-order valence-corrected chi connectivity index (χ4v) is 3.53. The smallest absolute Gasteiger partial charge is 0.251 e. The van der Waals surface area contributed by atoms with Crippen molar-refractivity contribution in [2.24, 2.45) is 4.99 Å². The van der Waals surface area contributed by atoms with Gasteiger partial charge >= 0.3 is 0 Å². The molecule has 0 unspecified atom stereocenters. The van der Waals surface area contributed by atoms with Crippen LogP contribution in [0.4, 0.5) is 0 Å². The molecule has 0 aliphatic carbocycles. The van der Waals surface area contributed by atoms with Gasteiger partial charge < -0.3 is 20.7 Å². The largest absolute Gasteiger partial charge is 0.379 e. The molecule has 1 aliphatic heterocycles. The molecule has 1 saturated heterocycles. The number of carbonyl (C=O) groups is 1. The summed E-state index contributed by atoms with van der Waals surface area (Å²) in [5, 5.41) is 9.41. The Balaban J connectivity index is 0.00000363. The summed E-state index contributed by atoms with van der Waals surface area (Å²) in [5.41, 5.74) is 4.23. The average molecular weight is 551 g/mol. The minimum absolute atomic E-state index is 0. The first kappa shape index (κ1) is 26.1. The summed E-state index contributed by atoms with van der Waals surface area (Å²) < 4.78 is 5.46. The molecule has 32 heavy (non-hydrogen) atoms. The number of aliphatic imine (C=N–C) groups is 1. The number of ether oxygens (including phenoxy) is 1. The lowest BCUT2D eigenvalue weighted by atomic mass is 10.1. The highest BCUT2D eigenvalue weighted by Crippen LogP contribution is 2.13. The number of nitrogens with one attached hydrogen (secondary N) is 3. The van der Waals surface area contributed by atoms with Crippen molar-refractivity contribution in [1.82, 2.24) is 20.9 Å².